The van der Waals surface area contributed by atoms with Crippen molar-refractivity contribution in [2.75, 3.05) is 4.90 Å². The number of carbonyl (C=O) groups excluding carboxylic acids is 3. The summed E-state index contributed by atoms with van der Waals surface area (Å²) in [5.41, 5.74) is 0.418. The van der Waals surface area contributed by atoms with Gasteiger partial charge in [-0.2, -0.15) is 0 Å². The van der Waals surface area contributed by atoms with Crippen LogP contribution in [0.4, 0.5) is 5.69 Å². The highest BCUT2D eigenvalue weighted by Gasteiger charge is 2.70. The topological polar surface area (TPSA) is 54.5 Å². The van der Waals surface area contributed by atoms with E-state index >= 15 is 0 Å². The molecule has 0 N–H and O–H groups in total. The maximum absolute atomic E-state index is 13.2. The van der Waals surface area contributed by atoms with Crippen LogP contribution in [0.3, 0.4) is 0 Å². The predicted octanol–water partition coefficient (Wildman–Crippen LogP) is 2.57. The molecule has 1 aromatic carbocycles. The molecule has 4 nitrogen and oxygen atoms in total. The highest BCUT2D eigenvalue weighted by Crippen LogP contribution is 2.67. The Kier molecular flexibility index (Phi) is 2.52. The minimum absolute atomic E-state index is 0.0599. The number of carbonyl (C=O) groups is 3. The first kappa shape index (κ1) is 13.5. The molecule has 118 valence electrons. The second kappa shape index (κ2) is 4.31. The smallest absolute Gasteiger partial charge is 0.238 e. The van der Waals surface area contributed by atoms with Gasteiger partial charge in [-0.3, -0.25) is 19.3 Å². The Balaban J connectivity index is 1.65. The Hall–Kier alpha value is -1.97. The molecule has 1 aliphatic heterocycles. The SMILES string of the molecule is O=C1C[C@]23CCC[C@H]2C[C@H]1[C@@H]1C(=O)N(c2ccccc2)C(=O)[C@@H]13. The number of hydrogen-bond acceptors (Lipinski definition) is 3. The maximum atomic E-state index is 13.2. The number of imide groups is 1. The first-order valence-electron chi connectivity index (χ1n) is 8.59. The van der Waals surface area contributed by atoms with Crippen LogP contribution in [0.5, 0.6) is 0 Å². The third kappa shape index (κ3) is 1.49. The predicted molar refractivity (Wildman–Crippen MR) is 83.4 cm³/mol. The van der Waals surface area contributed by atoms with E-state index in [1.165, 1.54) is 4.90 Å². The van der Waals surface area contributed by atoms with Crippen molar-refractivity contribution in [3.63, 3.8) is 0 Å². The molecule has 4 aliphatic carbocycles. The van der Waals surface area contributed by atoms with E-state index in [4.69, 9.17) is 0 Å². The number of ketones is 1. The number of benzene rings is 1. The second-order valence-corrected chi connectivity index (χ2v) is 7.66. The summed E-state index contributed by atoms with van der Waals surface area (Å²) in [4.78, 5) is 40.1. The lowest BCUT2D eigenvalue weighted by Crippen LogP contribution is -2.56. The first-order chi connectivity index (χ1) is 11.1. The molecule has 5 aliphatic rings. The molecule has 1 saturated heterocycles. The summed E-state index contributed by atoms with van der Waals surface area (Å²) in [6.45, 7) is 0. The van der Waals surface area contributed by atoms with Crippen LogP contribution in [-0.4, -0.2) is 17.6 Å². The molecule has 1 spiro atoms. The average Bonchev–Trinajstić information content (AvgIpc) is 3.08. The van der Waals surface area contributed by atoms with Crippen molar-refractivity contribution in [1.82, 2.24) is 0 Å². The van der Waals surface area contributed by atoms with Crippen molar-refractivity contribution in [2.24, 2.45) is 29.1 Å². The molecule has 1 heterocycles. The first-order valence-corrected chi connectivity index (χ1v) is 8.59. The Bertz CT molecular complexity index is 727. The summed E-state index contributed by atoms with van der Waals surface area (Å²) in [5.74, 6) is -0.420. The molecular formula is C19H19NO3. The molecular weight excluding hydrogens is 290 g/mol. The van der Waals surface area contributed by atoms with Crippen molar-refractivity contribution in [2.45, 2.75) is 32.1 Å². The number of amides is 2. The Morgan fingerprint density at radius 2 is 1.83 bits per heavy atom. The van der Waals surface area contributed by atoms with Gasteiger partial charge in [0, 0.05) is 12.3 Å². The molecule has 5 atom stereocenters. The number of nitrogens with zero attached hydrogens (tertiary/aromatic N) is 1. The zero-order valence-corrected chi connectivity index (χ0v) is 12.9. The number of hydrogen-bond donors (Lipinski definition) is 0. The van der Waals surface area contributed by atoms with Gasteiger partial charge in [0.1, 0.15) is 5.78 Å². The summed E-state index contributed by atoms with van der Waals surface area (Å²) in [7, 11) is 0. The van der Waals surface area contributed by atoms with Crippen molar-refractivity contribution < 1.29 is 14.4 Å². The van der Waals surface area contributed by atoms with Crippen molar-refractivity contribution >= 4 is 23.3 Å². The highest BCUT2D eigenvalue weighted by molar-refractivity contribution is 6.24. The van der Waals surface area contributed by atoms with E-state index in [0.717, 1.165) is 25.7 Å². The van der Waals surface area contributed by atoms with E-state index in [-0.39, 0.29) is 34.8 Å². The van der Waals surface area contributed by atoms with E-state index in [0.29, 0.717) is 18.0 Å². The fraction of sp³-hybridized carbons (Fsp3) is 0.526. The van der Waals surface area contributed by atoms with E-state index < -0.39 is 5.92 Å². The highest BCUT2D eigenvalue weighted by atomic mass is 16.2. The number of Topliss-reactive ketones (excluding diaryl/α,β-unsaturated/α-hetero) is 1. The van der Waals surface area contributed by atoms with Gasteiger partial charge < -0.3 is 0 Å². The van der Waals surface area contributed by atoms with Gasteiger partial charge in [-0.1, -0.05) is 24.6 Å². The van der Waals surface area contributed by atoms with Crippen LogP contribution in [-0.2, 0) is 14.4 Å². The third-order valence-electron chi connectivity index (χ3n) is 6.88. The van der Waals surface area contributed by atoms with Crippen LogP contribution >= 0.6 is 0 Å². The van der Waals surface area contributed by atoms with Gasteiger partial charge in [0.2, 0.25) is 11.8 Å². The molecule has 4 saturated carbocycles. The lowest BCUT2D eigenvalue weighted by Gasteiger charge is -2.53. The molecule has 5 fully saturated rings. The largest absolute Gasteiger partial charge is 0.299 e. The van der Waals surface area contributed by atoms with Gasteiger partial charge in [0.25, 0.3) is 0 Å². The van der Waals surface area contributed by atoms with Crippen molar-refractivity contribution in [3.8, 4) is 0 Å². The summed E-state index contributed by atoms with van der Waals surface area (Å²) >= 11 is 0. The molecule has 2 bridgehead atoms. The third-order valence-corrected chi connectivity index (χ3v) is 6.88. The summed E-state index contributed by atoms with van der Waals surface area (Å²) in [5, 5.41) is 0. The van der Waals surface area contributed by atoms with Gasteiger partial charge >= 0.3 is 0 Å². The quantitative estimate of drug-likeness (QED) is 0.749. The number of fused-ring (bicyclic) bond motifs is 1. The van der Waals surface area contributed by atoms with Gasteiger partial charge in [-0.25, -0.2) is 0 Å². The van der Waals surface area contributed by atoms with Crippen LogP contribution in [0, 0.1) is 29.1 Å². The van der Waals surface area contributed by atoms with Gasteiger partial charge in [0.15, 0.2) is 0 Å². The molecule has 1 aromatic rings. The lowest BCUT2D eigenvalue weighted by molar-refractivity contribution is -0.158. The zero-order chi connectivity index (χ0) is 15.8. The fourth-order valence-electron chi connectivity index (χ4n) is 6.05. The van der Waals surface area contributed by atoms with E-state index in [9.17, 15) is 14.4 Å². The molecule has 6 rings (SSSR count). The Labute approximate surface area is 134 Å². The van der Waals surface area contributed by atoms with Crippen LogP contribution in [0.25, 0.3) is 0 Å². The number of para-hydroxylation sites is 1. The second-order valence-electron chi connectivity index (χ2n) is 7.66. The minimum Gasteiger partial charge on any atom is -0.299 e. The molecule has 2 amide bonds. The zero-order valence-electron chi connectivity index (χ0n) is 12.9. The van der Waals surface area contributed by atoms with E-state index in [1.54, 1.807) is 12.1 Å². The maximum Gasteiger partial charge on any atom is 0.238 e. The van der Waals surface area contributed by atoms with Crippen LogP contribution in [0.1, 0.15) is 32.1 Å². The summed E-state index contributed by atoms with van der Waals surface area (Å²) < 4.78 is 0. The van der Waals surface area contributed by atoms with Crippen LogP contribution in [0.15, 0.2) is 30.3 Å². The van der Waals surface area contributed by atoms with Gasteiger partial charge in [-0.05, 0) is 42.7 Å². The van der Waals surface area contributed by atoms with Gasteiger partial charge in [-0.15, -0.1) is 0 Å². The number of anilines is 1. The fourth-order valence-corrected chi connectivity index (χ4v) is 6.05. The lowest BCUT2D eigenvalue weighted by atomic mass is 9.47. The average molecular weight is 309 g/mol. The van der Waals surface area contributed by atoms with Crippen molar-refractivity contribution in [3.05, 3.63) is 30.3 Å². The molecule has 23 heavy (non-hydrogen) atoms. The molecule has 4 heteroatoms. The molecule has 0 unspecified atom stereocenters. The standard InChI is InChI=1S/C19H19NO3/c21-14-10-19-8-4-5-11(19)9-13(14)15-16(19)18(23)20(17(15)22)12-6-2-1-3-7-12/h1-3,6-7,11,13,15-16H,4-5,8-10H2/t11-,13+,15-,16+,19+/m0/s1. The molecule has 0 radical (unpaired) electrons. The summed E-state index contributed by atoms with van der Waals surface area (Å²) in [6.07, 6.45) is 4.46. The van der Waals surface area contributed by atoms with E-state index in [2.05, 4.69) is 0 Å². The Morgan fingerprint density at radius 3 is 2.61 bits per heavy atom. The monoisotopic (exact) mass is 309 g/mol. The molecule has 0 aromatic heterocycles. The van der Waals surface area contributed by atoms with Crippen molar-refractivity contribution in [1.29, 1.82) is 0 Å². The van der Waals surface area contributed by atoms with Gasteiger partial charge in [0.05, 0.1) is 17.5 Å². The number of rotatable bonds is 1. The van der Waals surface area contributed by atoms with E-state index in [1.807, 2.05) is 18.2 Å². The Morgan fingerprint density at radius 1 is 1.04 bits per heavy atom. The normalized spacial score (nSPS) is 41.4. The summed E-state index contributed by atoms with van der Waals surface area (Å²) in [6, 6.07) is 9.17. The van der Waals surface area contributed by atoms with Crippen LogP contribution < -0.4 is 4.90 Å². The van der Waals surface area contributed by atoms with Crippen LogP contribution in [0.2, 0.25) is 0 Å². The minimum atomic E-state index is -0.404.